The van der Waals surface area contributed by atoms with Gasteiger partial charge in [-0.3, -0.25) is 0 Å². The molecule has 0 atom stereocenters. The Morgan fingerprint density at radius 3 is 1.10 bits per heavy atom. The van der Waals surface area contributed by atoms with Crippen LogP contribution < -0.4 is 9.80 Å². The third-order valence-corrected chi connectivity index (χ3v) is 17.5. The van der Waals surface area contributed by atoms with E-state index in [1.54, 1.807) is 0 Å². The molecule has 0 saturated heterocycles. The number of rotatable bonds is 14. The van der Waals surface area contributed by atoms with Crippen molar-refractivity contribution in [2.75, 3.05) is 22.9 Å². The van der Waals surface area contributed by atoms with Gasteiger partial charge in [-0.2, -0.15) is 0 Å². The number of para-hydroxylation sites is 6. The molecule has 79 heavy (non-hydrogen) atoms. The van der Waals surface area contributed by atoms with Crippen LogP contribution in [0, 0.1) is 0 Å². The number of aryl methyl sites for hydroxylation is 2. The first-order chi connectivity index (χ1) is 39.2. The molecule has 378 valence electrons. The van der Waals surface area contributed by atoms with Crippen LogP contribution in [-0.2, 0) is 12.8 Å². The highest BCUT2D eigenvalue weighted by Gasteiger charge is 2.24. The summed E-state index contributed by atoms with van der Waals surface area (Å²) in [5.74, 6) is 0. The van der Waals surface area contributed by atoms with Crippen LogP contribution in [0.15, 0.2) is 264 Å². The Morgan fingerprint density at radius 2 is 0.646 bits per heavy atom. The molecular formula is C74H54N2O2S. The molecule has 0 fully saturated rings. The normalized spacial score (nSPS) is 11.8. The molecule has 0 N–H and O–H groups in total. The van der Waals surface area contributed by atoms with Gasteiger partial charge in [-0.1, -0.05) is 206 Å². The van der Waals surface area contributed by atoms with Crippen LogP contribution in [0.5, 0.6) is 0 Å². The molecule has 0 aliphatic rings. The monoisotopic (exact) mass is 1030 g/mol. The van der Waals surface area contributed by atoms with Gasteiger partial charge in [0.2, 0.25) is 0 Å². The molecule has 0 spiro atoms. The van der Waals surface area contributed by atoms with Crippen molar-refractivity contribution in [2.24, 2.45) is 0 Å². The lowest BCUT2D eigenvalue weighted by molar-refractivity contribution is 0.666. The van der Waals surface area contributed by atoms with E-state index >= 15 is 0 Å². The second-order valence-electron chi connectivity index (χ2n) is 20.8. The Labute approximate surface area is 462 Å². The third-order valence-electron chi connectivity index (χ3n) is 16.2. The van der Waals surface area contributed by atoms with Crippen molar-refractivity contribution in [1.29, 1.82) is 0 Å². The Kier molecular flexibility index (Phi) is 11.8. The Morgan fingerprint density at radius 1 is 0.291 bits per heavy atom. The summed E-state index contributed by atoms with van der Waals surface area (Å²) in [6.45, 7) is 1.59. The molecule has 3 heterocycles. The van der Waals surface area contributed by atoms with Gasteiger partial charge in [0.15, 0.2) is 11.2 Å². The van der Waals surface area contributed by atoms with Gasteiger partial charge in [0.05, 0.1) is 11.4 Å². The maximum Gasteiger partial charge on any atom is 0.159 e. The summed E-state index contributed by atoms with van der Waals surface area (Å²) in [6.07, 6.45) is 3.67. The van der Waals surface area contributed by atoms with Gasteiger partial charge in [-0.15, -0.1) is 11.3 Å². The van der Waals surface area contributed by atoms with Crippen LogP contribution in [0.3, 0.4) is 0 Å². The van der Waals surface area contributed by atoms with E-state index in [4.69, 9.17) is 8.83 Å². The number of hydrogen-bond acceptors (Lipinski definition) is 5. The van der Waals surface area contributed by atoms with E-state index in [1.165, 1.54) is 86.5 Å². The maximum absolute atomic E-state index is 6.75. The summed E-state index contributed by atoms with van der Waals surface area (Å²) >= 11 is 1.95. The second-order valence-corrected chi connectivity index (χ2v) is 21.8. The van der Waals surface area contributed by atoms with Crippen molar-refractivity contribution >= 4 is 120 Å². The highest BCUT2D eigenvalue weighted by Crippen LogP contribution is 2.47. The number of fused-ring (bicyclic) bond motifs is 13. The third kappa shape index (κ3) is 8.20. The van der Waals surface area contributed by atoms with E-state index in [0.717, 1.165) is 94.0 Å². The maximum atomic E-state index is 6.75. The lowest BCUT2D eigenvalue weighted by Gasteiger charge is -2.28. The summed E-state index contributed by atoms with van der Waals surface area (Å²) in [5.41, 5.74) is 15.7. The molecule has 0 amide bonds. The smallest absolute Gasteiger partial charge is 0.159 e. The zero-order valence-corrected chi connectivity index (χ0v) is 44.4. The number of benzene rings is 12. The minimum atomic E-state index is 0.795. The minimum Gasteiger partial charge on any atom is -0.454 e. The number of furan rings is 2. The summed E-state index contributed by atoms with van der Waals surface area (Å²) in [4.78, 5) is 5.01. The summed E-state index contributed by atoms with van der Waals surface area (Å²) < 4.78 is 16.2. The summed E-state index contributed by atoms with van der Waals surface area (Å²) in [6, 6.07) is 92.5. The first kappa shape index (κ1) is 46.8. The van der Waals surface area contributed by atoms with Gasteiger partial charge in [0.25, 0.3) is 0 Å². The van der Waals surface area contributed by atoms with Gasteiger partial charge >= 0.3 is 0 Å². The van der Waals surface area contributed by atoms with Crippen molar-refractivity contribution in [3.05, 3.63) is 266 Å². The van der Waals surface area contributed by atoms with Crippen molar-refractivity contribution in [3.63, 3.8) is 0 Å². The summed E-state index contributed by atoms with van der Waals surface area (Å²) in [7, 11) is 0. The predicted octanol–water partition coefficient (Wildman–Crippen LogP) is 21.0. The molecule has 0 aliphatic heterocycles. The molecule has 15 rings (SSSR count). The van der Waals surface area contributed by atoms with Crippen LogP contribution in [-0.4, -0.2) is 13.1 Å². The van der Waals surface area contributed by atoms with Crippen molar-refractivity contribution < 1.29 is 8.83 Å². The van der Waals surface area contributed by atoms with Crippen molar-refractivity contribution in [3.8, 4) is 22.3 Å². The summed E-state index contributed by atoms with van der Waals surface area (Å²) in [5, 5.41) is 12.5. The first-order valence-corrected chi connectivity index (χ1v) is 28.5. The van der Waals surface area contributed by atoms with Gasteiger partial charge in [-0.05, 0) is 118 Å². The zero-order chi connectivity index (χ0) is 52.2. The Hall–Kier alpha value is -9.42. The molecule has 0 aliphatic carbocycles. The van der Waals surface area contributed by atoms with Crippen LogP contribution in [0.25, 0.3) is 108 Å². The fourth-order valence-electron chi connectivity index (χ4n) is 12.6. The fraction of sp³-hybridized carbons (Fsp3) is 0.0811. The minimum absolute atomic E-state index is 0.795. The number of nitrogens with zero attached hydrogens (tertiary/aromatic N) is 2. The quantitative estimate of drug-likeness (QED) is 0.109. The Bertz CT molecular complexity index is 4460. The molecule has 0 bridgehead atoms. The van der Waals surface area contributed by atoms with Crippen LogP contribution in [0.1, 0.15) is 24.0 Å². The van der Waals surface area contributed by atoms with Crippen molar-refractivity contribution in [1.82, 2.24) is 0 Å². The van der Waals surface area contributed by atoms with E-state index in [-0.39, 0.29) is 0 Å². The fourth-order valence-corrected chi connectivity index (χ4v) is 13.9. The molecule has 5 heteroatoms. The van der Waals surface area contributed by atoms with E-state index in [0.29, 0.717) is 0 Å². The molecule has 0 saturated carbocycles. The van der Waals surface area contributed by atoms with Crippen LogP contribution in [0.4, 0.5) is 22.7 Å². The topological polar surface area (TPSA) is 32.8 Å². The average molecular weight is 1040 g/mol. The lowest BCUT2D eigenvalue weighted by atomic mass is 9.94. The number of hydrogen-bond donors (Lipinski definition) is 0. The molecule has 0 unspecified atom stereocenters. The standard InChI is InChI=1S/C74H54N2O2S/c1-3-23-49(24-4-1)55-31-11-15-39-65(55)75(67-41-19-37-59-57-33-13-17-43-69(57)77-71(59)67)45-21-27-51-47-63-64-48-52(54-30-8-10-36-62(54)74(64)79-73(63)61-35-9-7-29-53(51)61)28-22-46-76(66-40-16-12-32-56(66)50-25-5-2-6-26-50)68-42-20-38-60-58-34-14-18-44-70(58)78-72(60)68/h1-20,23-26,29-44,47-48H,21-22,27-28,45-46H2. The molecule has 12 aromatic carbocycles. The molecule has 4 nitrogen and oxygen atoms in total. The molecule has 15 aromatic rings. The van der Waals surface area contributed by atoms with Crippen molar-refractivity contribution in [2.45, 2.75) is 25.7 Å². The molecule has 3 aromatic heterocycles. The van der Waals surface area contributed by atoms with Crippen LogP contribution in [0.2, 0.25) is 0 Å². The van der Waals surface area contributed by atoms with Gasteiger partial charge in [0, 0.05) is 77.3 Å². The zero-order valence-electron chi connectivity index (χ0n) is 43.6. The molecular weight excluding hydrogens is 981 g/mol. The van der Waals surface area contributed by atoms with E-state index < -0.39 is 0 Å². The average Bonchev–Trinajstić information content (AvgIpc) is 4.43. The SMILES string of the molecule is c1ccc(-c2ccccc2N(CCCc2cc3c4cc(CCCN(c5ccccc5-c5ccccc5)c5cccc6c5oc5ccccc56)c5ccccc5c4sc3c3ccccc23)c2cccc3c2oc2ccccc23)cc1. The van der Waals surface area contributed by atoms with Gasteiger partial charge in [-0.25, -0.2) is 0 Å². The first-order valence-electron chi connectivity index (χ1n) is 27.6. The van der Waals surface area contributed by atoms with Gasteiger partial charge < -0.3 is 18.6 Å². The molecule has 0 radical (unpaired) electrons. The lowest BCUT2D eigenvalue weighted by Crippen LogP contribution is -2.20. The number of thiophene rings is 1. The number of anilines is 4. The largest absolute Gasteiger partial charge is 0.454 e. The van der Waals surface area contributed by atoms with E-state index in [9.17, 15) is 0 Å². The van der Waals surface area contributed by atoms with Crippen LogP contribution >= 0.6 is 11.3 Å². The highest BCUT2D eigenvalue weighted by molar-refractivity contribution is 7.27. The van der Waals surface area contributed by atoms with E-state index in [2.05, 4.69) is 265 Å². The second kappa shape index (κ2) is 19.9. The van der Waals surface area contributed by atoms with Gasteiger partial charge in [0.1, 0.15) is 11.2 Å². The van der Waals surface area contributed by atoms with E-state index in [1.807, 2.05) is 11.3 Å². The highest BCUT2D eigenvalue weighted by atomic mass is 32.1. The Balaban J connectivity index is 0.805. The predicted molar refractivity (Wildman–Crippen MR) is 336 cm³/mol.